The van der Waals surface area contributed by atoms with Gasteiger partial charge in [0.25, 0.3) is 0 Å². The normalized spacial score (nSPS) is 25.1. The van der Waals surface area contributed by atoms with E-state index in [1.165, 1.54) is 0 Å². The Hall–Kier alpha value is -1.09. The van der Waals surface area contributed by atoms with Gasteiger partial charge in [0.1, 0.15) is 5.82 Å². The van der Waals surface area contributed by atoms with Gasteiger partial charge in [0.05, 0.1) is 0 Å². The first-order valence-corrected chi connectivity index (χ1v) is 6.29. The maximum atomic E-state index is 13.4. The first-order chi connectivity index (χ1) is 8.02. The van der Waals surface area contributed by atoms with Crippen LogP contribution in [0.5, 0.6) is 0 Å². The minimum absolute atomic E-state index is 0.137. The van der Waals surface area contributed by atoms with Crippen molar-refractivity contribution in [2.24, 2.45) is 0 Å². The van der Waals surface area contributed by atoms with Crippen LogP contribution in [0.3, 0.4) is 0 Å². The van der Waals surface area contributed by atoms with Crippen LogP contribution in [0.2, 0.25) is 0 Å². The summed E-state index contributed by atoms with van der Waals surface area (Å²) >= 11 is 0. The lowest BCUT2D eigenvalue weighted by Crippen LogP contribution is -2.58. The number of rotatable bonds is 2. The molecule has 0 bridgehead atoms. The molecule has 1 aliphatic rings. The molecule has 0 radical (unpaired) electrons. The summed E-state index contributed by atoms with van der Waals surface area (Å²) in [6.07, 6.45) is 1.08. The van der Waals surface area contributed by atoms with Gasteiger partial charge in [-0.05, 0) is 44.0 Å². The van der Waals surface area contributed by atoms with Crippen LogP contribution < -0.4 is 10.2 Å². The predicted octanol–water partition coefficient (Wildman–Crippen LogP) is 2.71. The number of hydrogen-bond donors (Lipinski definition) is 1. The van der Waals surface area contributed by atoms with E-state index < -0.39 is 0 Å². The molecule has 0 aliphatic carbocycles. The number of nitrogens with one attached hydrogen (secondary N) is 1. The summed E-state index contributed by atoms with van der Waals surface area (Å²) in [5.41, 5.74) is 2.12. The van der Waals surface area contributed by atoms with E-state index >= 15 is 0 Å². The highest BCUT2D eigenvalue weighted by Gasteiger charge is 2.28. The fraction of sp³-hybridized carbons (Fsp3) is 0.571. The van der Waals surface area contributed by atoms with Crippen LogP contribution >= 0.6 is 0 Å². The van der Waals surface area contributed by atoms with Crippen LogP contribution in [0.25, 0.3) is 0 Å². The lowest BCUT2D eigenvalue weighted by atomic mass is 9.95. The number of nitrogens with zero attached hydrogens (tertiary/aromatic N) is 1. The van der Waals surface area contributed by atoms with Gasteiger partial charge in [-0.15, -0.1) is 0 Å². The molecule has 0 saturated carbocycles. The number of benzene rings is 1. The summed E-state index contributed by atoms with van der Waals surface area (Å²) in [6.45, 7) is 9.19. The van der Waals surface area contributed by atoms with Crippen LogP contribution in [-0.4, -0.2) is 25.2 Å². The van der Waals surface area contributed by atoms with Gasteiger partial charge in [0.15, 0.2) is 0 Å². The molecule has 1 N–H and O–H groups in total. The molecule has 2 rings (SSSR count). The minimum Gasteiger partial charge on any atom is -0.368 e. The quantitative estimate of drug-likeness (QED) is 0.849. The number of anilines is 1. The summed E-state index contributed by atoms with van der Waals surface area (Å²) in [7, 11) is 0. The Morgan fingerprint density at radius 2 is 2.18 bits per heavy atom. The third-order valence-electron chi connectivity index (χ3n) is 3.65. The van der Waals surface area contributed by atoms with Crippen molar-refractivity contribution < 1.29 is 4.39 Å². The second-order valence-corrected chi connectivity index (χ2v) is 5.25. The van der Waals surface area contributed by atoms with Gasteiger partial charge < -0.3 is 10.2 Å². The van der Waals surface area contributed by atoms with Crippen LogP contribution in [0.15, 0.2) is 18.2 Å². The highest BCUT2D eigenvalue weighted by molar-refractivity contribution is 5.49. The average Bonchev–Trinajstić information content (AvgIpc) is 2.28. The van der Waals surface area contributed by atoms with E-state index in [4.69, 9.17) is 0 Å². The first kappa shape index (κ1) is 12.4. The number of hydrogen-bond acceptors (Lipinski definition) is 2. The Morgan fingerprint density at radius 3 is 2.82 bits per heavy atom. The number of halogens is 1. The van der Waals surface area contributed by atoms with Crippen molar-refractivity contribution in [3.63, 3.8) is 0 Å². The number of piperazine rings is 1. The molecule has 1 aromatic carbocycles. The maximum absolute atomic E-state index is 13.4. The van der Waals surface area contributed by atoms with Crippen molar-refractivity contribution >= 4 is 5.69 Å². The van der Waals surface area contributed by atoms with Crippen molar-refractivity contribution in [3.8, 4) is 0 Å². The Balaban J connectivity index is 2.21. The molecule has 1 saturated heterocycles. The Labute approximate surface area is 103 Å². The molecule has 1 aromatic rings. The van der Waals surface area contributed by atoms with E-state index in [0.717, 1.165) is 37.3 Å². The average molecular weight is 236 g/mol. The molecular formula is C14H21FN2. The summed E-state index contributed by atoms with van der Waals surface area (Å²) in [5, 5.41) is 3.54. The molecule has 0 aromatic heterocycles. The zero-order valence-electron chi connectivity index (χ0n) is 10.9. The van der Waals surface area contributed by atoms with E-state index in [0.29, 0.717) is 0 Å². The van der Waals surface area contributed by atoms with Gasteiger partial charge in [-0.3, -0.25) is 0 Å². The summed E-state index contributed by atoms with van der Waals surface area (Å²) < 4.78 is 13.4. The molecule has 94 valence electrons. The minimum atomic E-state index is -0.142. The SMILES string of the molecule is CCC1(C)CN(c2cc(C)cc(F)c2)CCN1. The Bertz CT molecular complexity index is 385. The zero-order chi connectivity index (χ0) is 12.5. The van der Waals surface area contributed by atoms with Gasteiger partial charge in [-0.25, -0.2) is 4.39 Å². The van der Waals surface area contributed by atoms with E-state index in [-0.39, 0.29) is 11.4 Å². The highest BCUT2D eigenvalue weighted by atomic mass is 19.1. The van der Waals surface area contributed by atoms with Crippen molar-refractivity contribution in [1.82, 2.24) is 5.32 Å². The number of aryl methyl sites for hydroxylation is 1. The topological polar surface area (TPSA) is 15.3 Å². The highest BCUT2D eigenvalue weighted by Crippen LogP contribution is 2.23. The molecule has 17 heavy (non-hydrogen) atoms. The van der Waals surface area contributed by atoms with Crippen molar-refractivity contribution in [1.29, 1.82) is 0 Å². The smallest absolute Gasteiger partial charge is 0.125 e. The molecule has 1 unspecified atom stereocenters. The molecule has 1 atom stereocenters. The largest absolute Gasteiger partial charge is 0.368 e. The fourth-order valence-electron chi connectivity index (χ4n) is 2.41. The van der Waals surface area contributed by atoms with Crippen molar-refractivity contribution in [2.45, 2.75) is 32.7 Å². The second kappa shape index (κ2) is 4.65. The summed E-state index contributed by atoms with van der Waals surface area (Å²) in [5.74, 6) is -0.142. The lowest BCUT2D eigenvalue weighted by molar-refractivity contribution is 0.314. The summed E-state index contributed by atoms with van der Waals surface area (Å²) in [6, 6.07) is 5.27. The maximum Gasteiger partial charge on any atom is 0.125 e. The van der Waals surface area contributed by atoms with Gasteiger partial charge in [-0.2, -0.15) is 0 Å². The van der Waals surface area contributed by atoms with Crippen LogP contribution in [0, 0.1) is 12.7 Å². The molecule has 1 fully saturated rings. The van der Waals surface area contributed by atoms with E-state index in [9.17, 15) is 4.39 Å². The van der Waals surface area contributed by atoms with Crippen molar-refractivity contribution in [3.05, 3.63) is 29.6 Å². The van der Waals surface area contributed by atoms with Gasteiger partial charge in [-0.1, -0.05) is 6.92 Å². The van der Waals surface area contributed by atoms with E-state index in [1.807, 2.05) is 6.92 Å². The molecule has 2 nitrogen and oxygen atoms in total. The van der Waals surface area contributed by atoms with Gasteiger partial charge in [0, 0.05) is 30.9 Å². The Morgan fingerprint density at radius 1 is 1.41 bits per heavy atom. The van der Waals surface area contributed by atoms with Gasteiger partial charge >= 0.3 is 0 Å². The first-order valence-electron chi connectivity index (χ1n) is 6.29. The van der Waals surface area contributed by atoms with Crippen LogP contribution in [-0.2, 0) is 0 Å². The Kier molecular flexibility index (Phi) is 3.38. The summed E-state index contributed by atoms with van der Waals surface area (Å²) in [4.78, 5) is 2.27. The molecule has 0 spiro atoms. The molecule has 0 amide bonds. The van der Waals surface area contributed by atoms with Crippen molar-refractivity contribution in [2.75, 3.05) is 24.5 Å². The standard InChI is InChI=1S/C14H21FN2/c1-4-14(3)10-17(6-5-16-14)13-8-11(2)7-12(15)9-13/h7-9,16H,4-6,10H2,1-3H3. The third-order valence-corrected chi connectivity index (χ3v) is 3.65. The van der Waals surface area contributed by atoms with E-state index in [1.54, 1.807) is 12.1 Å². The third kappa shape index (κ3) is 2.78. The lowest BCUT2D eigenvalue weighted by Gasteiger charge is -2.42. The zero-order valence-corrected chi connectivity index (χ0v) is 10.9. The van der Waals surface area contributed by atoms with Crippen LogP contribution in [0.1, 0.15) is 25.8 Å². The van der Waals surface area contributed by atoms with Crippen LogP contribution in [0.4, 0.5) is 10.1 Å². The van der Waals surface area contributed by atoms with Gasteiger partial charge in [0.2, 0.25) is 0 Å². The monoisotopic (exact) mass is 236 g/mol. The molecule has 3 heteroatoms. The van der Waals surface area contributed by atoms with E-state index in [2.05, 4.69) is 30.1 Å². The second-order valence-electron chi connectivity index (χ2n) is 5.25. The molecule has 1 heterocycles. The fourth-order valence-corrected chi connectivity index (χ4v) is 2.41. The molecular weight excluding hydrogens is 215 g/mol. The molecule has 1 aliphatic heterocycles. The predicted molar refractivity (Wildman–Crippen MR) is 70.0 cm³/mol.